The van der Waals surface area contributed by atoms with Gasteiger partial charge in [-0.05, 0) is 53.9 Å². The van der Waals surface area contributed by atoms with Gasteiger partial charge in [0, 0.05) is 11.9 Å². The molecule has 25 heavy (non-hydrogen) atoms. The summed E-state index contributed by atoms with van der Waals surface area (Å²) in [6.07, 6.45) is 1.51. The fraction of sp³-hybridized carbons (Fsp3) is 0.100. The standard InChI is InChI=1S/C20H16F2N2O/c1-13-8-9-16(12-24-13)20(19(23)25,14-4-2-6-17(21)10-14)15-5-3-7-18(22)11-15/h2-12H,1H3,(H2,23,25). The van der Waals surface area contributed by atoms with Gasteiger partial charge in [-0.2, -0.15) is 0 Å². The lowest BCUT2D eigenvalue weighted by Gasteiger charge is -2.32. The molecule has 0 aliphatic rings. The lowest BCUT2D eigenvalue weighted by atomic mass is 9.69. The number of aromatic nitrogens is 1. The molecule has 0 bridgehead atoms. The second-order valence-electron chi connectivity index (χ2n) is 5.82. The van der Waals surface area contributed by atoms with Crippen LogP contribution in [0, 0.1) is 18.6 Å². The molecule has 0 saturated carbocycles. The fourth-order valence-corrected chi connectivity index (χ4v) is 3.06. The molecule has 2 N–H and O–H groups in total. The third kappa shape index (κ3) is 2.89. The Hall–Kier alpha value is -3.08. The minimum atomic E-state index is -1.55. The van der Waals surface area contributed by atoms with E-state index in [0.29, 0.717) is 16.7 Å². The van der Waals surface area contributed by atoms with E-state index < -0.39 is 23.0 Å². The molecule has 0 fully saturated rings. The number of halogens is 2. The molecule has 1 aromatic heterocycles. The maximum Gasteiger partial charge on any atom is 0.237 e. The molecule has 3 rings (SSSR count). The molecule has 0 saturated heterocycles. The Kier molecular flexibility index (Phi) is 4.31. The summed E-state index contributed by atoms with van der Waals surface area (Å²) in [4.78, 5) is 16.9. The first-order valence-corrected chi connectivity index (χ1v) is 7.69. The third-order valence-electron chi connectivity index (χ3n) is 4.23. The molecule has 126 valence electrons. The van der Waals surface area contributed by atoms with Crippen molar-refractivity contribution in [3.8, 4) is 0 Å². The highest BCUT2D eigenvalue weighted by molar-refractivity contribution is 5.94. The van der Waals surface area contributed by atoms with Crippen molar-refractivity contribution in [3.05, 3.63) is 101 Å². The van der Waals surface area contributed by atoms with Crippen LogP contribution in [0.5, 0.6) is 0 Å². The van der Waals surface area contributed by atoms with Gasteiger partial charge in [-0.25, -0.2) is 8.78 Å². The summed E-state index contributed by atoms with van der Waals surface area (Å²) in [7, 11) is 0. The van der Waals surface area contributed by atoms with Crippen LogP contribution in [-0.2, 0) is 10.2 Å². The smallest absolute Gasteiger partial charge is 0.237 e. The van der Waals surface area contributed by atoms with Gasteiger partial charge >= 0.3 is 0 Å². The summed E-state index contributed by atoms with van der Waals surface area (Å²) in [5.74, 6) is -1.77. The predicted octanol–water partition coefficient (Wildman–Crippen LogP) is 3.49. The van der Waals surface area contributed by atoms with Crippen LogP contribution < -0.4 is 5.73 Å². The predicted molar refractivity (Wildman–Crippen MR) is 90.9 cm³/mol. The van der Waals surface area contributed by atoms with E-state index in [1.807, 2.05) is 0 Å². The normalized spacial score (nSPS) is 11.3. The van der Waals surface area contributed by atoms with Crippen LogP contribution in [0.4, 0.5) is 8.78 Å². The lowest BCUT2D eigenvalue weighted by molar-refractivity contribution is -0.120. The van der Waals surface area contributed by atoms with Gasteiger partial charge in [0.15, 0.2) is 0 Å². The van der Waals surface area contributed by atoms with Gasteiger partial charge in [0.1, 0.15) is 17.0 Å². The number of benzene rings is 2. The minimum Gasteiger partial charge on any atom is -0.368 e. The molecule has 1 amide bonds. The first-order chi connectivity index (χ1) is 11.9. The van der Waals surface area contributed by atoms with Gasteiger partial charge in [0.25, 0.3) is 0 Å². The maximum atomic E-state index is 13.9. The van der Waals surface area contributed by atoms with E-state index in [2.05, 4.69) is 4.98 Å². The summed E-state index contributed by atoms with van der Waals surface area (Å²) >= 11 is 0. The van der Waals surface area contributed by atoms with Crippen LogP contribution in [0.25, 0.3) is 0 Å². The molecule has 2 aromatic carbocycles. The first kappa shape index (κ1) is 16.8. The lowest BCUT2D eigenvalue weighted by Crippen LogP contribution is -2.43. The molecule has 0 aliphatic heterocycles. The number of rotatable bonds is 4. The SMILES string of the molecule is Cc1ccc(C(C(N)=O)(c2cccc(F)c2)c2cccc(F)c2)cn1. The van der Waals surface area contributed by atoms with E-state index in [1.165, 1.54) is 42.6 Å². The molecule has 5 heteroatoms. The van der Waals surface area contributed by atoms with Crippen molar-refractivity contribution in [2.45, 2.75) is 12.3 Å². The largest absolute Gasteiger partial charge is 0.368 e. The van der Waals surface area contributed by atoms with Crippen LogP contribution in [0.1, 0.15) is 22.4 Å². The van der Waals surface area contributed by atoms with Gasteiger partial charge < -0.3 is 5.73 Å². The number of hydrogen-bond donors (Lipinski definition) is 1. The number of aryl methyl sites for hydroxylation is 1. The van der Waals surface area contributed by atoms with E-state index in [1.54, 1.807) is 31.2 Å². The van der Waals surface area contributed by atoms with Crippen molar-refractivity contribution in [2.24, 2.45) is 5.73 Å². The Morgan fingerprint density at radius 3 is 1.88 bits per heavy atom. The van der Waals surface area contributed by atoms with E-state index in [9.17, 15) is 13.6 Å². The van der Waals surface area contributed by atoms with E-state index in [4.69, 9.17) is 5.73 Å². The summed E-state index contributed by atoms with van der Waals surface area (Å²) in [5, 5.41) is 0. The molecule has 0 aliphatic carbocycles. The zero-order valence-corrected chi connectivity index (χ0v) is 13.5. The van der Waals surface area contributed by atoms with Gasteiger partial charge in [-0.3, -0.25) is 9.78 Å². The molecule has 3 aromatic rings. The van der Waals surface area contributed by atoms with Crippen LogP contribution in [0.15, 0.2) is 66.9 Å². The number of pyridine rings is 1. The van der Waals surface area contributed by atoms with Crippen molar-refractivity contribution in [2.75, 3.05) is 0 Å². The summed E-state index contributed by atoms with van der Waals surface area (Å²) in [6.45, 7) is 1.81. The number of carbonyl (C=O) groups is 1. The Balaban J connectivity index is 2.40. The average molecular weight is 338 g/mol. The number of amides is 1. The Morgan fingerprint density at radius 1 is 0.920 bits per heavy atom. The number of carbonyl (C=O) groups excluding carboxylic acids is 1. The minimum absolute atomic E-state index is 0.316. The highest BCUT2D eigenvalue weighted by Crippen LogP contribution is 2.39. The molecule has 1 heterocycles. The fourth-order valence-electron chi connectivity index (χ4n) is 3.06. The van der Waals surface area contributed by atoms with Crippen molar-refractivity contribution in [3.63, 3.8) is 0 Å². The van der Waals surface area contributed by atoms with E-state index >= 15 is 0 Å². The molecular weight excluding hydrogens is 322 g/mol. The summed E-state index contributed by atoms with van der Waals surface area (Å²) in [5.41, 5.74) is 6.07. The molecule has 0 spiro atoms. The van der Waals surface area contributed by atoms with Gasteiger partial charge in [0.2, 0.25) is 5.91 Å². The average Bonchev–Trinajstić information content (AvgIpc) is 2.57. The van der Waals surface area contributed by atoms with Crippen molar-refractivity contribution < 1.29 is 13.6 Å². The second kappa shape index (κ2) is 6.43. The van der Waals surface area contributed by atoms with Crippen LogP contribution in [0.2, 0.25) is 0 Å². The maximum absolute atomic E-state index is 13.9. The Labute approximate surface area is 144 Å². The molecule has 0 atom stereocenters. The van der Waals surface area contributed by atoms with E-state index in [-0.39, 0.29) is 0 Å². The number of hydrogen-bond acceptors (Lipinski definition) is 2. The topological polar surface area (TPSA) is 56.0 Å². The second-order valence-corrected chi connectivity index (χ2v) is 5.82. The number of nitrogens with two attached hydrogens (primary N) is 1. The molecule has 3 nitrogen and oxygen atoms in total. The van der Waals surface area contributed by atoms with Gasteiger partial charge in [0.05, 0.1) is 0 Å². The molecular formula is C20H16F2N2O. The van der Waals surface area contributed by atoms with Crippen molar-refractivity contribution >= 4 is 5.91 Å². The van der Waals surface area contributed by atoms with Crippen LogP contribution in [-0.4, -0.2) is 10.9 Å². The zero-order valence-electron chi connectivity index (χ0n) is 13.5. The van der Waals surface area contributed by atoms with Gasteiger partial charge in [-0.15, -0.1) is 0 Å². The highest BCUT2D eigenvalue weighted by Gasteiger charge is 2.43. The van der Waals surface area contributed by atoms with Crippen LogP contribution >= 0.6 is 0 Å². The zero-order chi connectivity index (χ0) is 18.0. The number of primary amides is 1. The van der Waals surface area contributed by atoms with Gasteiger partial charge in [-0.1, -0.05) is 30.3 Å². The summed E-state index contributed by atoms with van der Waals surface area (Å²) < 4.78 is 27.8. The molecule has 0 radical (unpaired) electrons. The quantitative estimate of drug-likeness (QED) is 0.792. The van der Waals surface area contributed by atoms with Crippen molar-refractivity contribution in [1.29, 1.82) is 0 Å². The monoisotopic (exact) mass is 338 g/mol. The van der Waals surface area contributed by atoms with Crippen LogP contribution in [0.3, 0.4) is 0 Å². The summed E-state index contributed by atoms with van der Waals surface area (Å²) in [6, 6.07) is 14.6. The third-order valence-corrected chi connectivity index (χ3v) is 4.23. The number of nitrogens with zero attached hydrogens (tertiary/aromatic N) is 1. The van der Waals surface area contributed by atoms with E-state index in [0.717, 1.165) is 5.69 Å². The Morgan fingerprint density at radius 2 is 1.48 bits per heavy atom. The van der Waals surface area contributed by atoms with Crippen molar-refractivity contribution in [1.82, 2.24) is 4.98 Å². The first-order valence-electron chi connectivity index (χ1n) is 7.69. The molecule has 0 unspecified atom stereocenters. The highest BCUT2D eigenvalue weighted by atomic mass is 19.1. The Bertz CT molecular complexity index is 877.